The van der Waals surface area contributed by atoms with Crippen LogP contribution in [0.3, 0.4) is 0 Å². The average Bonchev–Trinajstić information content (AvgIpc) is 2.21. The lowest BCUT2D eigenvalue weighted by atomic mass is 9.83. The number of carbonyl (C=O) groups excluding carboxylic acids is 1. The normalized spacial score (nSPS) is 14.2. The standard InChI is InChI=1S/C12H20O4/c1-5-6-9(11(13)14)10(7-8(2)3)12(15)16-4/h5,8-10H,1,6-7H2,2-4H3,(H,13,14)/t9-,10?/m0/s1. The van der Waals surface area contributed by atoms with Crippen molar-refractivity contribution in [3.63, 3.8) is 0 Å². The molecule has 0 aliphatic heterocycles. The molecule has 0 radical (unpaired) electrons. The van der Waals surface area contributed by atoms with Crippen LogP contribution in [0, 0.1) is 17.8 Å². The van der Waals surface area contributed by atoms with E-state index in [9.17, 15) is 9.59 Å². The van der Waals surface area contributed by atoms with Crippen molar-refractivity contribution in [1.29, 1.82) is 0 Å². The van der Waals surface area contributed by atoms with E-state index in [2.05, 4.69) is 11.3 Å². The molecule has 4 heteroatoms. The predicted molar refractivity (Wildman–Crippen MR) is 60.9 cm³/mol. The van der Waals surface area contributed by atoms with Crippen molar-refractivity contribution in [1.82, 2.24) is 0 Å². The molecule has 0 spiro atoms. The maximum absolute atomic E-state index is 11.5. The van der Waals surface area contributed by atoms with Gasteiger partial charge in [0.25, 0.3) is 0 Å². The van der Waals surface area contributed by atoms with Gasteiger partial charge < -0.3 is 9.84 Å². The molecule has 4 nitrogen and oxygen atoms in total. The summed E-state index contributed by atoms with van der Waals surface area (Å²) >= 11 is 0. The molecule has 1 unspecified atom stereocenters. The molecule has 0 bridgehead atoms. The lowest BCUT2D eigenvalue weighted by Gasteiger charge is -2.22. The monoisotopic (exact) mass is 228 g/mol. The largest absolute Gasteiger partial charge is 0.481 e. The van der Waals surface area contributed by atoms with Crippen LogP contribution in [0.2, 0.25) is 0 Å². The topological polar surface area (TPSA) is 63.6 Å². The molecule has 0 saturated carbocycles. The maximum Gasteiger partial charge on any atom is 0.309 e. The highest BCUT2D eigenvalue weighted by molar-refractivity contribution is 5.81. The first-order valence-corrected chi connectivity index (χ1v) is 5.35. The Morgan fingerprint density at radius 2 is 1.94 bits per heavy atom. The molecule has 0 aliphatic carbocycles. The highest BCUT2D eigenvalue weighted by Crippen LogP contribution is 2.25. The van der Waals surface area contributed by atoms with E-state index >= 15 is 0 Å². The number of rotatable bonds is 7. The summed E-state index contributed by atoms with van der Waals surface area (Å²) < 4.78 is 4.65. The van der Waals surface area contributed by atoms with Crippen LogP contribution >= 0.6 is 0 Å². The van der Waals surface area contributed by atoms with Gasteiger partial charge in [-0.05, 0) is 18.8 Å². The van der Waals surface area contributed by atoms with Gasteiger partial charge in [-0.15, -0.1) is 6.58 Å². The van der Waals surface area contributed by atoms with Gasteiger partial charge >= 0.3 is 11.9 Å². The van der Waals surface area contributed by atoms with Gasteiger partial charge in [0.1, 0.15) is 0 Å². The molecule has 0 saturated heterocycles. The fourth-order valence-electron chi connectivity index (χ4n) is 1.70. The molecular formula is C12H20O4. The van der Waals surface area contributed by atoms with Crippen molar-refractivity contribution < 1.29 is 19.4 Å². The van der Waals surface area contributed by atoms with Crippen LogP contribution in [0.1, 0.15) is 26.7 Å². The summed E-state index contributed by atoms with van der Waals surface area (Å²) in [5.41, 5.74) is 0. The molecular weight excluding hydrogens is 208 g/mol. The zero-order valence-corrected chi connectivity index (χ0v) is 10.1. The Balaban J connectivity index is 4.86. The number of carbonyl (C=O) groups is 2. The number of aliphatic carboxylic acids is 1. The lowest BCUT2D eigenvalue weighted by Crippen LogP contribution is -2.31. The minimum atomic E-state index is -0.976. The van der Waals surface area contributed by atoms with Crippen molar-refractivity contribution in [2.24, 2.45) is 17.8 Å². The minimum Gasteiger partial charge on any atom is -0.481 e. The molecule has 1 N–H and O–H groups in total. The van der Waals surface area contributed by atoms with Crippen LogP contribution in [-0.2, 0) is 14.3 Å². The molecule has 16 heavy (non-hydrogen) atoms. The van der Waals surface area contributed by atoms with Gasteiger partial charge in [-0.3, -0.25) is 9.59 Å². The van der Waals surface area contributed by atoms with E-state index < -0.39 is 23.8 Å². The fourth-order valence-corrected chi connectivity index (χ4v) is 1.70. The SMILES string of the molecule is C=CC[C@H](C(=O)O)C(CC(C)C)C(=O)OC. The molecule has 0 heterocycles. The first-order chi connectivity index (χ1) is 7.43. The zero-order valence-electron chi connectivity index (χ0n) is 10.1. The number of carboxylic acids is 1. The molecule has 0 aromatic carbocycles. The van der Waals surface area contributed by atoms with Gasteiger partial charge in [0.2, 0.25) is 0 Å². The van der Waals surface area contributed by atoms with Gasteiger partial charge in [0, 0.05) is 0 Å². The third kappa shape index (κ3) is 4.47. The van der Waals surface area contributed by atoms with Crippen molar-refractivity contribution in [2.75, 3.05) is 7.11 Å². The molecule has 92 valence electrons. The van der Waals surface area contributed by atoms with Crippen molar-refractivity contribution >= 4 is 11.9 Å². The third-order valence-corrected chi connectivity index (χ3v) is 2.45. The summed E-state index contributed by atoms with van der Waals surface area (Å²) in [6, 6.07) is 0. The second-order valence-electron chi connectivity index (χ2n) is 4.23. The zero-order chi connectivity index (χ0) is 12.7. The summed E-state index contributed by atoms with van der Waals surface area (Å²) in [6.45, 7) is 7.41. The van der Waals surface area contributed by atoms with Crippen molar-refractivity contribution in [2.45, 2.75) is 26.7 Å². The number of hydrogen-bond donors (Lipinski definition) is 1. The van der Waals surface area contributed by atoms with Gasteiger partial charge in [0.05, 0.1) is 18.9 Å². The van der Waals surface area contributed by atoms with E-state index in [0.717, 1.165) is 0 Å². The lowest BCUT2D eigenvalue weighted by molar-refractivity contribution is -0.156. The van der Waals surface area contributed by atoms with E-state index in [1.807, 2.05) is 13.8 Å². The Morgan fingerprint density at radius 1 is 1.38 bits per heavy atom. The van der Waals surface area contributed by atoms with E-state index in [4.69, 9.17) is 5.11 Å². The second kappa shape index (κ2) is 7.04. The molecule has 0 amide bonds. The Hall–Kier alpha value is -1.32. The van der Waals surface area contributed by atoms with E-state index in [-0.39, 0.29) is 12.3 Å². The van der Waals surface area contributed by atoms with E-state index in [1.165, 1.54) is 13.2 Å². The number of allylic oxidation sites excluding steroid dienone is 1. The van der Waals surface area contributed by atoms with Gasteiger partial charge in [-0.2, -0.15) is 0 Å². The van der Waals surface area contributed by atoms with Gasteiger partial charge in [0.15, 0.2) is 0 Å². The first-order valence-electron chi connectivity index (χ1n) is 5.35. The van der Waals surface area contributed by atoms with Crippen LogP contribution in [0.15, 0.2) is 12.7 Å². The summed E-state index contributed by atoms with van der Waals surface area (Å²) in [7, 11) is 1.28. The first kappa shape index (κ1) is 14.7. The summed E-state index contributed by atoms with van der Waals surface area (Å²) in [4.78, 5) is 22.6. The van der Waals surface area contributed by atoms with Gasteiger partial charge in [-0.1, -0.05) is 19.9 Å². The van der Waals surface area contributed by atoms with Crippen LogP contribution < -0.4 is 0 Å². The Bertz CT molecular complexity index is 258. The average molecular weight is 228 g/mol. The van der Waals surface area contributed by atoms with Crippen LogP contribution in [0.5, 0.6) is 0 Å². The smallest absolute Gasteiger partial charge is 0.309 e. The van der Waals surface area contributed by atoms with E-state index in [0.29, 0.717) is 6.42 Å². The van der Waals surface area contributed by atoms with Crippen molar-refractivity contribution in [3.8, 4) is 0 Å². The van der Waals surface area contributed by atoms with Gasteiger partial charge in [-0.25, -0.2) is 0 Å². The van der Waals surface area contributed by atoms with Crippen LogP contribution in [0.4, 0.5) is 0 Å². The Morgan fingerprint density at radius 3 is 2.25 bits per heavy atom. The number of carboxylic acid groups (broad SMARTS) is 1. The number of methoxy groups -OCH3 is 1. The molecule has 0 rings (SSSR count). The summed E-state index contributed by atoms with van der Waals surface area (Å²) in [5, 5.41) is 9.08. The Kier molecular flexibility index (Phi) is 6.46. The molecule has 0 aromatic rings. The molecule has 2 atom stereocenters. The number of hydrogen-bond acceptors (Lipinski definition) is 3. The highest BCUT2D eigenvalue weighted by atomic mass is 16.5. The predicted octanol–water partition coefficient (Wildman–Crippen LogP) is 2.10. The quantitative estimate of drug-likeness (QED) is 0.535. The molecule has 0 aromatic heterocycles. The Labute approximate surface area is 96.3 Å². The molecule has 0 fully saturated rings. The van der Waals surface area contributed by atoms with Crippen LogP contribution in [-0.4, -0.2) is 24.2 Å². The summed E-state index contributed by atoms with van der Waals surface area (Å²) in [6.07, 6.45) is 2.31. The van der Waals surface area contributed by atoms with Crippen molar-refractivity contribution in [3.05, 3.63) is 12.7 Å². The highest BCUT2D eigenvalue weighted by Gasteiger charge is 2.33. The second-order valence-corrected chi connectivity index (χ2v) is 4.23. The number of esters is 1. The fraction of sp³-hybridized carbons (Fsp3) is 0.667. The van der Waals surface area contributed by atoms with Crippen LogP contribution in [0.25, 0.3) is 0 Å². The third-order valence-electron chi connectivity index (χ3n) is 2.45. The molecule has 0 aliphatic rings. The summed E-state index contributed by atoms with van der Waals surface area (Å²) in [5.74, 6) is -2.53. The van der Waals surface area contributed by atoms with E-state index in [1.54, 1.807) is 0 Å². The minimum absolute atomic E-state index is 0.246. The number of ether oxygens (including phenoxy) is 1. The maximum atomic E-state index is 11.5.